The number of ether oxygens (including phenoxy) is 1. The number of para-hydroxylation sites is 1. The molecule has 1 aromatic carbocycles. The topological polar surface area (TPSA) is 80.7 Å². The molecule has 0 bridgehead atoms. The summed E-state index contributed by atoms with van der Waals surface area (Å²) in [5, 5.41) is 0. The predicted octanol–water partition coefficient (Wildman–Crippen LogP) is 0.148. The highest BCUT2D eigenvalue weighted by Crippen LogP contribution is 2.17. The second kappa shape index (κ2) is 5.13. The molecule has 0 saturated heterocycles. The van der Waals surface area contributed by atoms with E-state index in [0.29, 0.717) is 5.56 Å². The molecule has 1 N–H and O–H groups in total. The van der Waals surface area contributed by atoms with Gasteiger partial charge in [0.2, 0.25) is 0 Å². The number of carbonyl (C=O) groups is 1. The molecule has 7 heteroatoms. The lowest BCUT2D eigenvalue weighted by Gasteiger charge is -2.07. The third kappa shape index (κ3) is 4.04. The Balaban J connectivity index is 2.77. The standard InChI is InChI=1S/C9H9BO5S/c10-5-7-3-1-2-4-8(7)15-9(11)6-16(12,13)14/h1-4H,5-6H2,(H,12,13,14). The van der Waals surface area contributed by atoms with Crippen molar-refractivity contribution in [2.75, 3.05) is 5.75 Å². The zero-order valence-corrected chi connectivity index (χ0v) is 9.11. The van der Waals surface area contributed by atoms with Gasteiger partial charge in [0.15, 0.2) is 5.75 Å². The largest absolute Gasteiger partial charge is 0.425 e. The van der Waals surface area contributed by atoms with Gasteiger partial charge >= 0.3 is 5.97 Å². The molecule has 0 aromatic heterocycles. The van der Waals surface area contributed by atoms with Gasteiger partial charge in [-0.15, -0.1) is 0 Å². The van der Waals surface area contributed by atoms with Crippen LogP contribution in [0.15, 0.2) is 24.3 Å². The maximum Gasteiger partial charge on any atom is 0.329 e. The van der Waals surface area contributed by atoms with Crippen molar-refractivity contribution in [1.82, 2.24) is 0 Å². The Morgan fingerprint density at radius 1 is 1.38 bits per heavy atom. The lowest BCUT2D eigenvalue weighted by Crippen LogP contribution is -2.20. The molecule has 1 rings (SSSR count). The summed E-state index contributed by atoms with van der Waals surface area (Å²) in [7, 11) is 1.03. The smallest absolute Gasteiger partial charge is 0.329 e. The Labute approximate surface area is 94.6 Å². The molecule has 0 amide bonds. The molecule has 84 valence electrons. The lowest BCUT2D eigenvalue weighted by molar-refractivity contribution is -0.131. The Morgan fingerprint density at radius 3 is 2.56 bits per heavy atom. The van der Waals surface area contributed by atoms with Gasteiger partial charge in [-0.2, -0.15) is 8.42 Å². The van der Waals surface area contributed by atoms with Crippen LogP contribution in [0.5, 0.6) is 5.75 Å². The van der Waals surface area contributed by atoms with Crippen LogP contribution in [0.2, 0.25) is 0 Å². The Kier molecular flexibility index (Phi) is 4.08. The number of benzene rings is 1. The van der Waals surface area contributed by atoms with Gasteiger partial charge in [0.1, 0.15) is 5.75 Å². The first kappa shape index (κ1) is 12.7. The molecule has 0 heterocycles. The average Bonchev–Trinajstić information content (AvgIpc) is 2.15. The van der Waals surface area contributed by atoms with Crippen molar-refractivity contribution in [3.05, 3.63) is 29.8 Å². The van der Waals surface area contributed by atoms with Gasteiger partial charge in [-0.1, -0.05) is 24.5 Å². The van der Waals surface area contributed by atoms with Crippen LogP contribution in [-0.4, -0.2) is 32.5 Å². The number of rotatable bonds is 4. The van der Waals surface area contributed by atoms with Crippen molar-refractivity contribution >= 4 is 23.9 Å². The van der Waals surface area contributed by atoms with E-state index in [2.05, 4.69) is 0 Å². The molecule has 0 aliphatic rings. The number of esters is 1. The van der Waals surface area contributed by atoms with Gasteiger partial charge in [0, 0.05) is 0 Å². The quantitative estimate of drug-likeness (QED) is 0.350. The zero-order chi connectivity index (χ0) is 12.2. The van der Waals surface area contributed by atoms with Crippen molar-refractivity contribution in [3.8, 4) is 5.75 Å². The van der Waals surface area contributed by atoms with Gasteiger partial charge in [0.25, 0.3) is 10.1 Å². The molecule has 0 unspecified atom stereocenters. The van der Waals surface area contributed by atoms with E-state index in [4.69, 9.17) is 17.1 Å². The van der Waals surface area contributed by atoms with E-state index >= 15 is 0 Å². The molecule has 0 spiro atoms. The minimum atomic E-state index is -4.37. The van der Waals surface area contributed by atoms with Gasteiger partial charge in [0.05, 0.1) is 7.85 Å². The molecule has 0 atom stereocenters. The van der Waals surface area contributed by atoms with Crippen molar-refractivity contribution < 1.29 is 22.5 Å². The first-order valence-electron chi connectivity index (χ1n) is 4.36. The maximum atomic E-state index is 11.1. The van der Waals surface area contributed by atoms with E-state index in [-0.39, 0.29) is 12.1 Å². The third-order valence-corrected chi connectivity index (χ3v) is 2.32. The van der Waals surface area contributed by atoms with Crippen LogP contribution in [-0.2, 0) is 21.2 Å². The normalized spacial score (nSPS) is 11.1. The first-order chi connectivity index (χ1) is 7.42. The Morgan fingerprint density at radius 2 is 2.00 bits per heavy atom. The summed E-state index contributed by atoms with van der Waals surface area (Å²) in [6.07, 6.45) is 0.162. The molecular formula is C9H9BO5S. The van der Waals surface area contributed by atoms with Crippen molar-refractivity contribution in [1.29, 1.82) is 0 Å². The van der Waals surface area contributed by atoms with Gasteiger partial charge in [-0.3, -0.25) is 9.35 Å². The number of hydrogen-bond donors (Lipinski definition) is 1. The van der Waals surface area contributed by atoms with E-state index in [0.717, 1.165) is 0 Å². The summed E-state index contributed by atoms with van der Waals surface area (Å²) >= 11 is 0. The Hall–Kier alpha value is -1.34. The minimum absolute atomic E-state index is 0.162. The molecule has 16 heavy (non-hydrogen) atoms. The van der Waals surface area contributed by atoms with Crippen LogP contribution < -0.4 is 4.74 Å². The summed E-state index contributed by atoms with van der Waals surface area (Å²) in [5.41, 5.74) is 0.575. The summed E-state index contributed by atoms with van der Waals surface area (Å²) in [6.45, 7) is 0. The van der Waals surface area contributed by atoms with Crippen LogP contribution >= 0.6 is 0 Å². The molecule has 0 fully saturated rings. The lowest BCUT2D eigenvalue weighted by atomic mass is 9.96. The second-order valence-corrected chi connectivity index (χ2v) is 4.46. The van der Waals surface area contributed by atoms with Gasteiger partial charge < -0.3 is 4.74 Å². The highest BCUT2D eigenvalue weighted by Gasteiger charge is 2.15. The average molecular weight is 240 g/mol. The fourth-order valence-electron chi connectivity index (χ4n) is 1.07. The van der Waals surface area contributed by atoms with Crippen molar-refractivity contribution in [2.24, 2.45) is 0 Å². The van der Waals surface area contributed by atoms with Gasteiger partial charge in [-0.05, 0) is 11.6 Å². The molecule has 1 aromatic rings. The highest BCUT2D eigenvalue weighted by atomic mass is 32.2. The summed E-state index contributed by atoms with van der Waals surface area (Å²) in [4.78, 5) is 11.1. The predicted molar refractivity (Wildman–Crippen MR) is 58.0 cm³/mol. The monoisotopic (exact) mass is 240 g/mol. The van der Waals surface area contributed by atoms with E-state index < -0.39 is 21.8 Å². The molecule has 2 radical (unpaired) electrons. The molecular weight excluding hydrogens is 231 g/mol. The SMILES string of the molecule is [B]Cc1ccccc1OC(=O)CS(=O)(=O)O. The molecule has 0 aliphatic carbocycles. The fourth-order valence-corrected chi connectivity index (χ4v) is 1.43. The van der Waals surface area contributed by atoms with E-state index in [1.807, 2.05) is 0 Å². The molecule has 5 nitrogen and oxygen atoms in total. The van der Waals surface area contributed by atoms with Crippen LogP contribution in [0.1, 0.15) is 5.56 Å². The summed E-state index contributed by atoms with van der Waals surface area (Å²) in [5.74, 6) is -1.94. The van der Waals surface area contributed by atoms with E-state index in [9.17, 15) is 13.2 Å². The van der Waals surface area contributed by atoms with Crippen LogP contribution in [0.4, 0.5) is 0 Å². The van der Waals surface area contributed by atoms with Crippen LogP contribution in [0.25, 0.3) is 0 Å². The molecule has 0 saturated carbocycles. The first-order valence-corrected chi connectivity index (χ1v) is 5.97. The third-order valence-electron chi connectivity index (χ3n) is 1.72. The number of carbonyl (C=O) groups excluding carboxylic acids is 1. The fraction of sp³-hybridized carbons (Fsp3) is 0.222. The highest BCUT2D eigenvalue weighted by molar-refractivity contribution is 7.86. The van der Waals surface area contributed by atoms with Crippen LogP contribution in [0, 0.1) is 0 Å². The second-order valence-electron chi connectivity index (χ2n) is 3.01. The van der Waals surface area contributed by atoms with Gasteiger partial charge in [-0.25, -0.2) is 0 Å². The zero-order valence-electron chi connectivity index (χ0n) is 8.29. The minimum Gasteiger partial charge on any atom is -0.425 e. The van der Waals surface area contributed by atoms with Crippen molar-refractivity contribution in [2.45, 2.75) is 6.32 Å². The summed E-state index contributed by atoms with van der Waals surface area (Å²) in [6, 6.07) is 6.47. The van der Waals surface area contributed by atoms with E-state index in [1.165, 1.54) is 6.07 Å². The molecule has 0 aliphatic heterocycles. The summed E-state index contributed by atoms with van der Waals surface area (Å²) < 4.78 is 34.0. The Bertz CT molecular complexity index is 482. The van der Waals surface area contributed by atoms with E-state index in [1.54, 1.807) is 18.2 Å². The maximum absolute atomic E-state index is 11.1. The van der Waals surface area contributed by atoms with Crippen molar-refractivity contribution in [3.63, 3.8) is 0 Å². The van der Waals surface area contributed by atoms with Crippen LogP contribution in [0.3, 0.4) is 0 Å². The number of hydrogen-bond acceptors (Lipinski definition) is 4.